The summed E-state index contributed by atoms with van der Waals surface area (Å²) in [5.41, 5.74) is 2.35. The Labute approximate surface area is 180 Å². The van der Waals surface area contributed by atoms with E-state index in [1.54, 1.807) is 31.2 Å². The van der Waals surface area contributed by atoms with Gasteiger partial charge in [0.15, 0.2) is 11.2 Å². The van der Waals surface area contributed by atoms with Crippen molar-refractivity contribution in [3.63, 3.8) is 0 Å². The van der Waals surface area contributed by atoms with Crippen LogP contribution in [0.25, 0.3) is 11.0 Å². The second-order valence-electron chi connectivity index (χ2n) is 8.71. The molecule has 1 fully saturated rings. The number of nitrogens with zero attached hydrogens (tertiary/aromatic N) is 1. The summed E-state index contributed by atoms with van der Waals surface area (Å²) in [7, 11) is 0. The minimum absolute atomic E-state index is 0.0475. The third kappa shape index (κ3) is 3.44. The van der Waals surface area contributed by atoms with E-state index in [9.17, 15) is 14.4 Å². The molecule has 1 unspecified atom stereocenters. The van der Waals surface area contributed by atoms with E-state index >= 15 is 0 Å². The molecule has 160 valence electrons. The first kappa shape index (κ1) is 19.9. The topological polar surface area (TPSA) is 85.9 Å². The number of para-hydroxylation sites is 1. The quantitative estimate of drug-likeness (QED) is 0.686. The highest BCUT2D eigenvalue weighted by Gasteiger charge is 2.45. The van der Waals surface area contributed by atoms with E-state index in [2.05, 4.69) is 4.99 Å². The summed E-state index contributed by atoms with van der Waals surface area (Å²) in [5.74, 6) is -1.98. The van der Waals surface area contributed by atoms with Gasteiger partial charge in [-0.25, -0.2) is 0 Å². The van der Waals surface area contributed by atoms with Crippen LogP contribution in [0, 0.1) is 5.92 Å². The van der Waals surface area contributed by atoms with E-state index < -0.39 is 17.8 Å². The number of aliphatic imine (C=N–C) groups is 1. The first-order chi connectivity index (χ1) is 15.0. The number of benzene rings is 1. The molecular weight excluding hydrogens is 394 g/mol. The Hall–Kier alpha value is -3.02. The van der Waals surface area contributed by atoms with Gasteiger partial charge >= 0.3 is 5.97 Å². The van der Waals surface area contributed by atoms with Gasteiger partial charge in [-0.3, -0.25) is 19.4 Å². The lowest BCUT2D eigenvalue weighted by Gasteiger charge is -2.34. The van der Waals surface area contributed by atoms with Gasteiger partial charge in [-0.05, 0) is 57.6 Å². The van der Waals surface area contributed by atoms with Crippen molar-refractivity contribution in [2.75, 3.05) is 0 Å². The molecule has 6 heteroatoms. The number of Topliss-reactive ketones (excluding diaryl/α,β-unsaturated/α-hetero) is 1. The Bertz CT molecular complexity index is 1180. The van der Waals surface area contributed by atoms with Crippen LogP contribution in [0.1, 0.15) is 63.4 Å². The fourth-order valence-corrected chi connectivity index (χ4v) is 5.20. The van der Waals surface area contributed by atoms with Crippen molar-refractivity contribution in [3.8, 4) is 0 Å². The van der Waals surface area contributed by atoms with Crippen LogP contribution < -0.4 is 5.43 Å². The number of carbonyl (C=O) groups is 2. The van der Waals surface area contributed by atoms with Crippen molar-refractivity contribution in [1.29, 1.82) is 0 Å². The zero-order valence-corrected chi connectivity index (χ0v) is 17.6. The van der Waals surface area contributed by atoms with Gasteiger partial charge in [0.2, 0.25) is 0 Å². The maximum Gasteiger partial charge on any atom is 0.315 e. The molecule has 1 aliphatic heterocycles. The average Bonchev–Trinajstić information content (AvgIpc) is 3.26. The van der Waals surface area contributed by atoms with E-state index in [4.69, 9.17) is 9.15 Å². The molecule has 1 saturated carbocycles. The van der Waals surface area contributed by atoms with Crippen molar-refractivity contribution < 1.29 is 18.7 Å². The molecule has 0 radical (unpaired) electrons. The van der Waals surface area contributed by atoms with Crippen LogP contribution in [-0.2, 0) is 14.3 Å². The second kappa shape index (κ2) is 7.91. The van der Waals surface area contributed by atoms with Crippen LogP contribution in [0.4, 0.5) is 0 Å². The predicted molar refractivity (Wildman–Crippen MR) is 116 cm³/mol. The van der Waals surface area contributed by atoms with E-state index in [1.165, 1.54) is 6.26 Å². The molecule has 1 aromatic heterocycles. The molecule has 3 aliphatic rings. The number of ketones is 1. The Balaban J connectivity index is 1.65. The zero-order chi connectivity index (χ0) is 21.5. The summed E-state index contributed by atoms with van der Waals surface area (Å²) >= 11 is 0. The highest BCUT2D eigenvalue weighted by Crippen LogP contribution is 2.43. The summed E-state index contributed by atoms with van der Waals surface area (Å²) in [5, 5.41) is 0.438. The number of hydrogen-bond acceptors (Lipinski definition) is 6. The largest absolute Gasteiger partial charge is 0.464 e. The number of fused-ring (bicyclic) bond motifs is 1. The normalized spacial score (nSPS) is 24.3. The van der Waals surface area contributed by atoms with Gasteiger partial charge in [0, 0.05) is 34.9 Å². The maximum atomic E-state index is 13.4. The number of allylic oxidation sites excluding steroid dienone is 2. The standard InChI is InChI=1S/C25H25NO5/c1-14-21(25(29)31-15-7-2-3-8-15)22(23-18(26-14)10-6-11-19(23)27)17-13-30-20-12-5-4-9-16(20)24(17)28/h4-5,9,12-13,15,21-22H,2-3,6-8,10-11H2,1H3/t21?,22-/m0/s1. The number of hydrogen-bond donors (Lipinski definition) is 0. The smallest absolute Gasteiger partial charge is 0.315 e. The van der Waals surface area contributed by atoms with Gasteiger partial charge < -0.3 is 9.15 Å². The first-order valence-electron chi connectivity index (χ1n) is 11.1. The summed E-state index contributed by atoms with van der Waals surface area (Å²) < 4.78 is 11.6. The summed E-state index contributed by atoms with van der Waals surface area (Å²) in [4.78, 5) is 44.4. The molecule has 0 amide bonds. The third-order valence-corrected chi connectivity index (χ3v) is 6.72. The molecule has 6 nitrogen and oxygen atoms in total. The van der Waals surface area contributed by atoms with Crippen LogP contribution in [-0.4, -0.2) is 23.6 Å². The van der Waals surface area contributed by atoms with E-state index in [-0.39, 0.29) is 17.3 Å². The first-order valence-corrected chi connectivity index (χ1v) is 11.1. The molecule has 0 N–H and O–H groups in total. The molecule has 31 heavy (non-hydrogen) atoms. The number of esters is 1. The van der Waals surface area contributed by atoms with Gasteiger partial charge in [0.05, 0.1) is 11.6 Å². The lowest BCUT2D eigenvalue weighted by Crippen LogP contribution is -2.40. The molecule has 1 aromatic carbocycles. The number of ether oxygens (including phenoxy) is 1. The minimum Gasteiger partial charge on any atom is -0.464 e. The summed E-state index contributed by atoms with van der Waals surface area (Å²) in [6.07, 6.45) is 6.88. The number of carbonyl (C=O) groups excluding carboxylic acids is 2. The Morgan fingerprint density at radius 2 is 1.87 bits per heavy atom. The van der Waals surface area contributed by atoms with Crippen molar-refractivity contribution in [3.05, 3.63) is 57.6 Å². The van der Waals surface area contributed by atoms with Crippen molar-refractivity contribution in [2.24, 2.45) is 10.9 Å². The van der Waals surface area contributed by atoms with E-state index in [0.29, 0.717) is 46.4 Å². The van der Waals surface area contributed by atoms with Gasteiger partial charge in [0.1, 0.15) is 17.6 Å². The summed E-state index contributed by atoms with van der Waals surface area (Å²) in [6.45, 7) is 1.79. The molecule has 2 aliphatic carbocycles. The molecule has 0 spiro atoms. The van der Waals surface area contributed by atoms with Crippen molar-refractivity contribution in [1.82, 2.24) is 0 Å². The number of rotatable bonds is 3. The molecule has 2 aromatic rings. The summed E-state index contributed by atoms with van der Waals surface area (Å²) in [6, 6.07) is 7.02. The van der Waals surface area contributed by atoms with Gasteiger partial charge in [-0.2, -0.15) is 0 Å². The highest BCUT2D eigenvalue weighted by atomic mass is 16.5. The second-order valence-corrected chi connectivity index (χ2v) is 8.71. The molecular formula is C25H25NO5. The van der Waals surface area contributed by atoms with Crippen LogP contribution in [0.5, 0.6) is 0 Å². The average molecular weight is 419 g/mol. The van der Waals surface area contributed by atoms with Crippen molar-refractivity contribution in [2.45, 2.75) is 63.9 Å². The Morgan fingerprint density at radius 1 is 1.10 bits per heavy atom. The van der Waals surface area contributed by atoms with E-state index in [0.717, 1.165) is 32.1 Å². The van der Waals surface area contributed by atoms with Crippen LogP contribution >= 0.6 is 0 Å². The minimum atomic E-state index is -0.800. The van der Waals surface area contributed by atoms with Gasteiger partial charge in [-0.15, -0.1) is 0 Å². The SMILES string of the molecule is CC1=NC2=C(C(=O)CCC2)[C@@H](c2coc3ccccc3c2=O)C1C(=O)OC1CCCC1. The lowest BCUT2D eigenvalue weighted by atomic mass is 9.72. The fraction of sp³-hybridized carbons (Fsp3) is 0.440. The molecule has 0 bridgehead atoms. The third-order valence-electron chi connectivity index (χ3n) is 6.72. The van der Waals surface area contributed by atoms with Gasteiger partial charge in [-0.1, -0.05) is 12.1 Å². The van der Waals surface area contributed by atoms with Crippen LogP contribution in [0.15, 0.2) is 56.0 Å². The zero-order valence-electron chi connectivity index (χ0n) is 17.6. The highest BCUT2D eigenvalue weighted by molar-refractivity contribution is 6.09. The van der Waals surface area contributed by atoms with E-state index in [1.807, 2.05) is 0 Å². The molecule has 2 heterocycles. The molecule has 2 atom stereocenters. The van der Waals surface area contributed by atoms with Gasteiger partial charge in [0.25, 0.3) is 0 Å². The molecule has 5 rings (SSSR count). The molecule has 0 saturated heterocycles. The van der Waals surface area contributed by atoms with Crippen LogP contribution in [0.2, 0.25) is 0 Å². The fourth-order valence-electron chi connectivity index (χ4n) is 5.20. The monoisotopic (exact) mass is 419 g/mol. The Kier molecular flexibility index (Phi) is 5.08. The van der Waals surface area contributed by atoms with Crippen LogP contribution in [0.3, 0.4) is 0 Å². The lowest BCUT2D eigenvalue weighted by molar-refractivity contribution is -0.151. The maximum absolute atomic E-state index is 13.4. The van der Waals surface area contributed by atoms with Crippen molar-refractivity contribution >= 4 is 28.4 Å². The predicted octanol–water partition coefficient (Wildman–Crippen LogP) is 4.46. The Morgan fingerprint density at radius 3 is 2.68 bits per heavy atom.